The molecule has 2 amide bonds. The fourth-order valence-electron chi connectivity index (χ4n) is 4.33. The normalized spacial score (nSPS) is 25.6. The molecule has 6 heteroatoms. The van der Waals surface area contributed by atoms with E-state index in [-0.39, 0.29) is 17.7 Å². The van der Waals surface area contributed by atoms with Crippen molar-refractivity contribution in [3.05, 3.63) is 53.4 Å². The van der Waals surface area contributed by atoms with Crippen molar-refractivity contribution in [2.24, 2.45) is 17.3 Å². The van der Waals surface area contributed by atoms with Gasteiger partial charge in [-0.3, -0.25) is 14.7 Å². The molecule has 1 aromatic heterocycles. The van der Waals surface area contributed by atoms with E-state index >= 15 is 0 Å². The summed E-state index contributed by atoms with van der Waals surface area (Å²) in [5.74, 6) is 0.489. The number of carbonyl (C=O) groups is 2. The zero-order valence-electron chi connectivity index (χ0n) is 15.8. The molecule has 0 radical (unpaired) electrons. The van der Waals surface area contributed by atoms with E-state index in [2.05, 4.69) is 33.0 Å². The highest BCUT2D eigenvalue weighted by Crippen LogP contribution is 2.52. The summed E-state index contributed by atoms with van der Waals surface area (Å²) < 4.78 is 0. The number of H-pyrrole nitrogens is 1. The van der Waals surface area contributed by atoms with Gasteiger partial charge in [-0.2, -0.15) is 5.10 Å². The Hall–Kier alpha value is -2.89. The fourth-order valence-corrected chi connectivity index (χ4v) is 4.33. The van der Waals surface area contributed by atoms with Crippen LogP contribution < -0.4 is 10.6 Å². The van der Waals surface area contributed by atoms with Crippen LogP contribution in [0.1, 0.15) is 41.5 Å². The van der Waals surface area contributed by atoms with E-state index in [9.17, 15) is 9.59 Å². The van der Waals surface area contributed by atoms with Crippen LogP contribution in [0.15, 0.2) is 36.4 Å². The van der Waals surface area contributed by atoms with Gasteiger partial charge in [0.2, 0.25) is 5.91 Å². The van der Waals surface area contributed by atoms with Crippen LogP contribution in [0.3, 0.4) is 0 Å². The molecule has 2 aromatic rings. The molecule has 1 fully saturated rings. The van der Waals surface area contributed by atoms with E-state index < -0.39 is 5.41 Å². The number of carbonyl (C=O) groups excluding carboxylic acids is 2. The van der Waals surface area contributed by atoms with Crippen molar-refractivity contribution in [1.29, 1.82) is 0 Å². The van der Waals surface area contributed by atoms with Gasteiger partial charge in [-0.15, -0.1) is 0 Å². The number of hydrogen-bond donors (Lipinski definition) is 3. The molecule has 2 aliphatic rings. The molecule has 140 valence electrons. The summed E-state index contributed by atoms with van der Waals surface area (Å²) in [7, 11) is 0. The summed E-state index contributed by atoms with van der Waals surface area (Å²) >= 11 is 0. The lowest BCUT2D eigenvalue weighted by molar-refractivity contribution is -0.126. The zero-order valence-corrected chi connectivity index (χ0v) is 15.8. The molecule has 1 aromatic carbocycles. The molecule has 1 saturated carbocycles. The Labute approximate surface area is 158 Å². The quantitative estimate of drug-likeness (QED) is 0.721. The van der Waals surface area contributed by atoms with E-state index in [4.69, 9.17) is 0 Å². The number of benzene rings is 1. The first-order valence-corrected chi connectivity index (χ1v) is 9.30. The van der Waals surface area contributed by atoms with Crippen molar-refractivity contribution in [1.82, 2.24) is 10.2 Å². The van der Waals surface area contributed by atoms with Crippen LogP contribution >= 0.6 is 0 Å². The van der Waals surface area contributed by atoms with Crippen molar-refractivity contribution in [2.75, 3.05) is 10.6 Å². The average Bonchev–Trinajstić information content (AvgIpc) is 3.33. The predicted octanol–water partition coefficient (Wildman–Crippen LogP) is 3.82. The molecule has 6 nitrogen and oxygen atoms in total. The van der Waals surface area contributed by atoms with Gasteiger partial charge in [0.1, 0.15) is 0 Å². The van der Waals surface area contributed by atoms with Gasteiger partial charge < -0.3 is 10.6 Å². The minimum absolute atomic E-state index is 0.0183. The number of anilines is 2. The summed E-state index contributed by atoms with van der Waals surface area (Å²) in [6.45, 7) is 5.71. The number of aromatic amines is 1. The molecule has 0 aliphatic heterocycles. The molecule has 0 saturated heterocycles. The third-order valence-corrected chi connectivity index (χ3v) is 5.98. The van der Waals surface area contributed by atoms with Crippen LogP contribution in [0.25, 0.3) is 0 Å². The Morgan fingerprint density at radius 3 is 2.59 bits per heavy atom. The molecule has 0 spiro atoms. The Morgan fingerprint density at radius 1 is 1.19 bits per heavy atom. The van der Waals surface area contributed by atoms with Gasteiger partial charge in [0.25, 0.3) is 5.91 Å². The number of amides is 2. The van der Waals surface area contributed by atoms with Gasteiger partial charge in [0.15, 0.2) is 0 Å². The molecule has 2 aliphatic carbocycles. The Bertz CT molecular complexity index is 926. The molecule has 3 atom stereocenters. The van der Waals surface area contributed by atoms with E-state index in [0.29, 0.717) is 22.9 Å². The van der Waals surface area contributed by atoms with Crippen LogP contribution in [0.5, 0.6) is 0 Å². The van der Waals surface area contributed by atoms with Crippen molar-refractivity contribution in [3.63, 3.8) is 0 Å². The van der Waals surface area contributed by atoms with Crippen LogP contribution in [0.4, 0.5) is 11.4 Å². The van der Waals surface area contributed by atoms with Gasteiger partial charge in [0, 0.05) is 0 Å². The molecule has 0 unspecified atom stereocenters. The lowest BCUT2D eigenvalue weighted by atomic mass is 9.76. The third kappa shape index (κ3) is 2.95. The van der Waals surface area contributed by atoms with Crippen LogP contribution in [-0.2, 0) is 4.79 Å². The van der Waals surface area contributed by atoms with E-state index in [1.54, 1.807) is 18.2 Å². The zero-order chi connectivity index (χ0) is 19.2. The highest BCUT2D eigenvalue weighted by atomic mass is 16.2. The topological polar surface area (TPSA) is 86.9 Å². The van der Waals surface area contributed by atoms with Crippen LogP contribution in [0, 0.1) is 31.1 Å². The van der Waals surface area contributed by atoms with Gasteiger partial charge in [-0.25, -0.2) is 0 Å². The number of nitrogens with zero attached hydrogens (tertiary/aromatic N) is 1. The minimum atomic E-state index is -0.416. The third-order valence-electron chi connectivity index (χ3n) is 5.98. The molecule has 2 bridgehead atoms. The summed E-state index contributed by atoms with van der Waals surface area (Å²) in [5.41, 5.74) is 2.75. The van der Waals surface area contributed by atoms with Gasteiger partial charge in [0.05, 0.1) is 33.7 Å². The average molecular weight is 364 g/mol. The number of hydrogen-bond acceptors (Lipinski definition) is 3. The Balaban J connectivity index is 1.56. The standard InChI is InChI=1S/C21H24N4O2/c1-12-18(13(2)25-24-12)23-19(26)16-6-4-5-7-17(16)22-20(27)21(3)11-14-8-9-15(21)10-14/h4-9,14-15H,10-11H2,1-3H3,(H,22,27)(H,23,26)(H,24,25)/t14-,15-,21-/m0/s1. The second-order valence-electron chi connectivity index (χ2n) is 7.87. The maximum atomic E-state index is 13.0. The number of allylic oxidation sites excluding steroid dienone is 2. The second kappa shape index (κ2) is 6.37. The number of aromatic nitrogens is 2. The summed E-state index contributed by atoms with van der Waals surface area (Å²) in [6, 6.07) is 7.11. The van der Waals surface area contributed by atoms with Gasteiger partial charge in [-0.1, -0.05) is 31.2 Å². The van der Waals surface area contributed by atoms with Crippen molar-refractivity contribution in [3.8, 4) is 0 Å². The lowest BCUT2D eigenvalue weighted by Crippen LogP contribution is -2.37. The summed E-state index contributed by atoms with van der Waals surface area (Å²) in [6.07, 6.45) is 6.29. The van der Waals surface area contributed by atoms with E-state index in [1.807, 2.05) is 26.8 Å². The number of nitrogens with one attached hydrogen (secondary N) is 3. The molecule has 27 heavy (non-hydrogen) atoms. The van der Waals surface area contributed by atoms with Crippen LogP contribution in [0.2, 0.25) is 0 Å². The number of aryl methyl sites for hydroxylation is 2. The van der Waals surface area contributed by atoms with E-state index in [0.717, 1.165) is 24.2 Å². The highest BCUT2D eigenvalue weighted by molar-refractivity contribution is 6.11. The van der Waals surface area contributed by atoms with E-state index in [1.165, 1.54) is 0 Å². The molecular formula is C21H24N4O2. The van der Waals surface area contributed by atoms with Crippen molar-refractivity contribution >= 4 is 23.2 Å². The number of para-hydroxylation sites is 1. The monoisotopic (exact) mass is 364 g/mol. The second-order valence-corrected chi connectivity index (χ2v) is 7.87. The smallest absolute Gasteiger partial charge is 0.257 e. The number of fused-ring (bicyclic) bond motifs is 2. The highest BCUT2D eigenvalue weighted by Gasteiger charge is 2.50. The molecular weight excluding hydrogens is 340 g/mol. The maximum absolute atomic E-state index is 13.0. The fraction of sp³-hybridized carbons (Fsp3) is 0.381. The lowest BCUT2D eigenvalue weighted by Gasteiger charge is -2.30. The number of rotatable bonds is 4. The minimum Gasteiger partial charge on any atom is -0.325 e. The Morgan fingerprint density at radius 2 is 1.96 bits per heavy atom. The SMILES string of the molecule is Cc1n[nH]c(C)c1NC(=O)c1ccccc1NC(=O)[C@@]1(C)C[C@H]2C=C[C@H]1C2. The first-order chi connectivity index (χ1) is 12.9. The van der Waals surface area contributed by atoms with Crippen molar-refractivity contribution in [2.45, 2.75) is 33.6 Å². The predicted molar refractivity (Wildman–Crippen MR) is 105 cm³/mol. The largest absolute Gasteiger partial charge is 0.325 e. The maximum Gasteiger partial charge on any atom is 0.257 e. The first-order valence-electron chi connectivity index (χ1n) is 9.30. The summed E-state index contributed by atoms with van der Waals surface area (Å²) in [4.78, 5) is 25.9. The van der Waals surface area contributed by atoms with Crippen molar-refractivity contribution < 1.29 is 9.59 Å². The van der Waals surface area contributed by atoms with Gasteiger partial charge >= 0.3 is 0 Å². The molecule has 3 N–H and O–H groups in total. The van der Waals surface area contributed by atoms with Crippen LogP contribution in [-0.4, -0.2) is 22.0 Å². The Kier molecular flexibility index (Phi) is 4.13. The first kappa shape index (κ1) is 17.5. The molecule has 1 heterocycles. The summed E-state index contributed by atoms with van der Waals surface area (Å²) in [5, 5.41) is 12.9. The molecule has 4 rings (SSSR count). The van der Waals surface area contributed by atoms with Gasteiger partial charge in [-0.05, 0) is 50.7 Å².